The predicted molar refractivity (Wildman–Crippen MR) is 105 cm³/mol. The Bertz CT molecular complexity index is 742. The molecule has 0 spiro atoms. The summed E-state index contributed by atoms with van der Waals surface area (Å²) in [5.74, 6) is 1.09. The second-order valence-electron chi connectivity index (χ2n) is 6.78. The Hall–Kier alpha value is -2.60. The van der Waals surface area contributed by atoms with Gasteiger partial charge in [0.1, 0.15) is 5.82 Å². The molecule has 26 heavy (non-hydrogen) atoms. The number of hydrogen-bond acceptors (Lipinski definition) is 5. The summed E-state index contributed by atoms with van der Waals surface area (Å²) in [5.41, 5.74) is 2.42. The molecule has 2 N–H and O–H groups in total. The normalized spacial score (nSPS) is 14.3. The monoisotopic (exact) mass is 354 g/mol. The molecule has 1 aromatic heterocycles. The number of nitrogens with zero attached hydrogens (tertiary/aromatic N) is 2. The summed E-state index contributed by atoms with van der Waals surface area (Å²) >= 11 is 0. The molecule has 2 aromatic rings. The standard InChI is InChI=1S/C20H26N4O2/c1-15(2)14-22-19-13-16(7-8-21-19)20(25)23-17-5-3-4-6-18(17)24-9-11-26-12-10-24/h3-8,13,15H,9-12,14H2,1-2H3,(H,21,22)(H,23,25). The van der Waals surface area contributed by atoms with Crippen LogP contribution in [0, 0.1) is 5.92 Å². The zero-order valence-electron chi connectivity index (χ0n) is 15.4. The maximum absolute atomic E-state index is 12.7. The summed E-state index contributed by atoms with van der Waals surface area (Å²) in [6.07, 6.45) is 1.66. The van der Waals surface area contributed by atoms with Crippen LogP contribution >= 0.6 is 0 Å². The van der Waals surface area contributed by atoms with Crippen molar-refractivity contribution in [1.82, 2.24) is 4.98 Å². The summed E-state index contributed by atoms with van der Waals surface area (Å²) in [6.45, 7) is 8.14. The molecule has 1 fully saturated rings. The number of nitrogens with one attached hydrogen (secondary N) is 2. The van der Waals surface area contributed by atoms with Crippen LogP contribution in [0.1, 0.15) is 24.2 Å². The topological polar surface area (TPSA) is 66.5 Å². The van der Waals surface area contributed by atoms with Crippen LogP contribution in [0.3, 0.4) is 0 Å². The lowest BCUT2D eigenvalue weighted by molar-refractivity contribution is 0.102. The largest absolute Gasteiger partial charge is 0.378 e. The Kier molecular flexibility index (Phi) is 6.07. The van der Waals surface area contributed by atoms with Crippen LogP contribution in [0.2, 0.25) is 0 Å². The van der Waals surface area contributed by atoms with Gasteiger partial charge in [-0.1, -0.05) is 26.0 Å². The van der Waals surface area contributed by atoms with Crippen molar-refractivity contribution < 1.29 is 9.53 Å². The van der Waals surface area contributed by atoms with Crippen molar-refractivity contribution in [2.75, 3.05) is 48.4 Å². The smallest absolute Gasteiger partial charge is 0.255 e. The van der Waals surface area contributed by atoms with Gasteiger partial charge in [-0.05, 0) is 30.2 Å². The van der Waals surface area contributed by atoms with Crippen LogP contribution in [0.25, 0.3) is 0 Å². The summed E-state index contributed by atoms with van der Waals surface area (Å²) in [6, 6.07) is 11.4. The summed E-state index contributed by atoms with van der Waals surface area (Å²) in [4.78, 5) is 19.2. The number of para-hydroxylation sites is 2. The van der Waals surface area contributed by atoms with Crippen molar-refractivity contribution in [2.45, 2.75) is 13.8 Å². The first-order valence-corrected chi connectivity index (χ1v) is 9.06. The SMILES string of the molecule is CC(C)CNc1cc(C(=O)Nc2ccccc2N2CCOCC2)ccn1. The van der Waals surface area contributed by atoms with Gasteiger partial charge < -0.3 is 20.3 Å². The Morgan fingerprint density at radius 1 is 1.23 bits per heavy atom. The number of anilines is 3. The Labute approximate surface area is 154 Å². The molecule has 0 radical (unpaired) electrons. The average molecular weight is 354 g/mol. The van der Waals surface area contributed by atoms with E-state index in [4.69, 9.17) is 4.74 Å². The average Bonchev–Trinajstić information content (AvgIpc) is 2.68. The van der Waals surface area contributed by atoms with Crippen LogP contribution in [-0.2, 0) is 4.74 Å². The minimum absolute atomic E-state index is 0.138. The van der Waals surface area contributed by atoms with E-state index in [1.165, 1.54) is 0 Å². The van der Waals surface area contributed by atoms with Crippen LogP contribution < -0.4 is 15.5 Å². The number of morpholine rings is 1. The van der Waals surface area contributed by atoms with E-state index in [0.29, 0.717) is 30.5 Å². The Balaban J connectivity index is 1.73. The van der Waals surface area contributed by atoms with Gasteiger partial charge in [-0.25, -0.2) is 4.98 Å². The minimum atomic E-state index is -0.138. The van der Waals surface area contributed by atoms with Crippen molar-refractivity contribution in [3.05, 3.63) is 48.2 Å². The molecule has 1 saturated heterocycles. The van der Waals surface area contributed by atoms with Gasteiger partial charge in [0, 0.05) is 31.4 Å². The van der Waals surface area contributed by atoms with E-state index in [9.17, 15) is 4.79 Å². The molecule has 6 nitrogen and oxygen atoms in total. The quantitative estimate of drug-likeness (QED) is 0.834. The summed E-state index contributed by atoms with van der Waals surface area (Å²) in [7, 11) is 0. The number of aromatic nitrogens is 1. The van der Waals surface area contributed by atoms with Crippen molar-refractivity contribution >= 4 is 23.1 Å². The predicted octanol–water partition coefficient (Wildman–Crippen LogP) is 3.24. The van der Waals surface area contributed by atoms with E-state index < -0.39 is 0 Å². The molecule has 0 bridgehead atoms. The number of amides is 1. The van der Waals surface area contributed by atoms with Crippen LogP contribution in [0.15, 0.2) is 42.6 Å². The lowest BCUT2D eigenvalue weighted by Crippen LogP contribution is -2.36. The highest BCUT2D eigenvalue weighted by molar-refractivity contribution is 6.06. The van der Waals surface area contributed by atoms with E-state index in [0.717, 1.165) is 31.0 Å². The fourth-order valence-corrected chi connectivity index (χ4v) is 2.83. The number of ether oxygens (including phenoxy) is 1. The molecule has 1 aliphatic rings. The van der Waals surface area contributed by atoms with Gasteiger partial charge in [0.25, 0.3) is 5.91 Å². The van der Waals surface area contributed by atoms with Gasteiger partial charge >= 0.3 is 0 Å². The lowest BCUT2D eigenvalue weighted by atomic mass is 10.2. The van der Waals surface area contributed by atoms with E-state index in [2.05, 4.69) is 34.4 Å². The number of carbonyl (C=O) groups excluding carboxylic acids is 1. The molecule has 3 rings (SSSR count). The first-order valence-electron chi connectivity index (χ1n) is 9.06. The minimum Gasteiger partial charge on any atom is -0.378 e. The molecule has 2 heterocycles. The first-order chi connectivity index (χ1) is 12.6. The van der Waals surface area contributed by atoms with E-state index in [-0.39, 0.29) is 5.91 Å². The third-order valence-corrected chi connectivity index (χ3v) is 4.22. The molecular weight excluding hydrogens is 328 g/mol. The van der Waals surface area contributed by atoms with Crippen molar-refractivity contribution in [3.63, 3.8) is 0 Å². The molecule has 0 aliphatic carbocycles. The number of hydrogen-bond donors (Lipinski definition) is 2. The van der Waals surface area contributed by atoms with Gasteiger partial charge in [0.15, 0.2) is 0 Å². The van der Waals surface area contributed by atoms with Crippen LogP contribution in [-0.4, -0.2) is 43.7 Å². The number of pyridine rings is 1. The van der Waals surface area contributed by atoms with Crippen molar-refractivity contribution in [2.24, 2.45) is 5.92 Å². The van der Waals surface area contributed by atoms with E-state index in [1.54, 1.807) is 18.3 Å². The van der Waals surface area contributed by atoms with Crippen LogP contribution in [0.4, 0.5) is 17.2 Å². The number of carbonyl (C=O) groups is 1. The van der Waals surface area contributed by atoms with Gasteiger partial charge in [0.2, 0.25) is 0 Å². The van der Waals surface area contributed by atoms with E-state index >= 15 is 0 Å². The summed E-state index contributed by atoms with van der Waals surface area (Å²) < 4.78 is 5.42. The molecule has 1 aromatic carbocycles. The van der Waals surface area contributed by atoms with Gasteiger partial charge in [-0.2, -0.15) is 0 Å². The second kappa shape index (κ2) is 8.67. The van der Waals surface area contributed by atoms with Crippen LogP contribution in [0.5, 0.6) is 0 Å². The maximum Gasteiger partial charge on any atom is 0.255 e. The maximum atomic E-state index is 12.7. The van der Waals surface area contributed by atoms with E-state index in [1.807, 2.05) is 24.3 Å². The molecule has 1 aliphatic heterocycles. The fraction of sp³-hybridized carbons (Fsp3) is 0.400. The molecule has 0 unspecified atom stereocenters. The van der Waals surface area contributed by atoms with Crippen molar-refractivity contribution in [1.29, 1.82) is 0 Å². The number of benzene rings is 1. The summed E-state index contributed by atoms with van der Waals surface area (Å²) in [5, 5.41) is 6.29. The zero-order chi connectivity index (χ0) is 18.4. The lowest BCUT2D eigenvalue weighted by Gasteiger charge is -2.30. The van der Waals surface area contributed by atoms with Gasteiger partial charge in [-0.15, -0.1) is 0 Å². The zero-order valence-corrected chi connectivity index (χ0v) is 15.4. The first kappa shape index (κ1) is 18.2. The molecule has 1 amide bonds. The van der Waals surface area contributed by atoms with Gasteiger partial charge in [0.05, 0.1) is 24.6 Å². The fourth-order valence-electron chi connectivity index (χ4n) is 2.83. The molecule has 0 atom stereocenters. The molecular formula is C20H26N4O2. The second-order valence-corrected chi connectivity index (χ2v) is 6.78. The third kappa shape index (κ3) is 4.73. The Morgan fingerprint density at radius 2 is 2.00 bits per heavy atom. The molecule has 138 valence electrons. The Morgan fingerprint density at radius 3 is 2.77 bits per heavy atom. The third-order valence-electron chi connectivity index (χ3n) is 4.22. The molecule has 0 saturated carbocycles. The van der Waals surface area contributed by atoms with Gasteiger partial charge in [-0.3, -0.25) is 4.79 Å². The van der Waals surface area contributed by atoms with Crippen molar-refractivity contribution in [3.8, 4) is 0 Å². The highest BCUT2D eigenvalue weighted by Crippen LogP contribution is 2.27. The highest BCUT2D eigenvalue weighted by atomic mass is 16.5. The number of rotatable bonds is 6. The highest BCUT2D eigenvalue weighted by Gasteiger charge is 2.16. The molecule has 6 heteroatoms.